The zero-order valence-corrected chi connectivity index (χ0v) is 12.7. The van der Waals surface area contributed by atoms with Gasteiger partial charge in [0.05, 0.1) is 0 Å². The molecule has 2 heterocycles. The summed E-state index contributed by atoms with van der Waals surface area (Å²) in [6.45, 7) is 8.57. The molecule has 1 N–H and O–H groups in total. The van der Waals surface area contributed by atoms with E-state index in [2.05, 4.69) is 49.0 Å². The van der Waals surface area contributed by atoms with Gasteiger partial charge in [-0.2, -0.15) is 0 Å². The molecule has 1 atom stereocenters. The zero-order valence-electron chi connectivity index (χ0n) is 11.1. The normalized spacial score (nSPS) is 13.2. The summed E-state index contributed by atoms with van der Waals surface area (Å²) in [6, 6.07) is 2.45. The van der Waals surface area contributed by atoms with E-state index in [-0.39, 0.29) is 0 Å². The Bertz CT molecular complexity index is 550. The molecule has 0 spiro atoms. The number of nitrogens with one attached hydrogen (secondary N) is 1. The van der Waals surface area contributed by atoms with Gasteiger partial charge in [-0.05, 0) is 25.3 Å². The molecule has 2 aromatic rings. The van der Waals surface area contributed by atoms with Crippen LogP contribution in [0.15, 0.2) is 6.07 Å². The minimum Gasteiger partial charge on any atom is -0.352 e. The Kier molecular flexibility index (Phi) is 4.07. The van der Waals surface area contributed by atoms with Gasteiger partial charge < -0.3 is 5.32 Å². The van der Waals surface area contributed by atoms with E-state index >= 15 is 0 Å². The summed E-state index contributed by atoms with van der Waals surface area (Å²) in [4.78, 5) is 11.1. The van der Waals surface area contributed by atoms with Gasteiger partial charge in [0.15, 0.2) is 0 Å². The Balaban J connectivity index is 2.41. The first-order valence-corrected chi connectivity index (χ1v) is 7.44. The van der Waals surface area contributed by atoms with Crippen molar-refractivity contribution >= 4 is 39.1 Å². The third-order valence-corrected chi connectivity index (χ3v) is 4.54. The minimum atomic E-state index is 0.350. The van der Waals surface area contributed by atoms with Crippen molar-refractivity contribution in [3.63, 3.8) is 0 Å². The van der Waals surface area contributed by atoms with E-state index in [4.69, 9.17) is 11.6 Å². The second-order valence-corrected chi connectivity index (χ2v) is 6.23. The fraction of sp³-hybridized carbons (Fsp3) is 0.538. The van der Waals surface area contributed by atoms with Crippen LogP contribution in [0.1, 0.15) is 44.9 Å². The Labute approximate surface area is 117 Å². The van der Waals surface area contributed by atoms with E-state index in [0.29, 0.717) is 23.1 Å². The Morgan fingerprint density at radius 3 is 2.67 bits per heavy atom. The van der Waals surface area contributed by atoms with Gasteiger partial charge in [0, 0.05) is 16.3 Å². The van der Waals surface area contributed by atoms with E-state index in [1.807, 2.05) is 0 Å². The topological polar surface area (TPSA) is 37.8 Å². The summed E-state index contributed by atoms with van der Waals surface area (Å²) in [5, 5.41) is 4.76. The fourth-order valence-corrected chi connectivity index (χ4v) is 2.89. The fourth-order valence-electron chi connectivity index (χ4n) is 1.58. The smallest absolute Gasteiger partial charge is 0.225 e. The highest BCUT2D eigenvalue weighted by molar-refractivity contribution is 7.18. The van der Waals surface area contributed by atoms with Crippen molar-refractivity contribution in [2.75, 3.05) is 5.32 Å². The molecule has 18 heavy (non-hydrogen) atoms. The molecule has 0 saturated heterocycles. The number of anilines is 1. The van der Waals surface area contributed by atoms with Crippen molar-refractivity contribution in [2.45, 2.75) is 46.1 Å². The number of nitrogens with zero attached hydrogens (tertiary/aromatic N) is 2. The molecule has 1 unspecified atom stereocenters. The Hall–Kier alpha value is -0.870. The zero-order chi connectivity index (χ0) is 13.3. The van der Waals surface area contributed by atoms with Crippen LogP contribution in [0.2, 0.25) is 5.15 Å². The van der Waals surface area contributed by atoms with Crippen molar-refractivity contribution < 1.29 is 0 Å². The van der Waals surface area contributed by atoms with E-state index in [9.17, 15) is 0 Å². The molecule has 2 rings (SSSR count). The highest BCUT2D eigenvalue weighted by Gasteiger charge is 2.12. The van der Waals surface area contributed by atoms with Crippen molar-refractivity contribution in [3.05, 3.63) is 16.1 Å². The molecule has 0 aliphatic heterocycles. The molecular weight excluding hydrogens is 266 g/mol. The first-order valence-electron chi connectivity index (χ1n) is 6.24. The average Bonchev–Trinajstić information content (AvgIpc) is 2.73. The number of hydrogen-bond acceptors (Lipinski definition) is 4. The van der Waals surface area contributed by atoms with Crippen LogP contribution < -0.4 is 5.32 Å². The SMILES string of the molecule is CCC(C)Nc1nc(Cl)c2cc(C(C)C)sc2n1. The molecule has 5 heteroatoms. The van der Waals surface area contributed by atoms with Gasteiger partial charge in [-0.15, -0.1) is 11.3 Å². The second-order valence-electron chi connectivity index (χ2n) is 4.81. The minimum absolute atomic E-state index is 0.350. The van der Waals surface area contributed by atoms with Crippen LogP contribution >= 0.6 is 22.9 Å². The van der Waals surface area contributed by atoms with Crippen LogP contribution in [-0.2, 0) is 0 Å². The quantitative estimate of drug-likeness (QED) is 0.828. The molecule has 98 valence electrons. The van der Waals surface area contributed by atoms with E-state index in [1.54, 1.807) is 11.3 Å². The highest BCUT2D eigenvalue weighted by atomic mass is 35.5. The van der Waals surface area contributed by atoms with Gasteiger partial charge in [-0.25, -0.2) is 9.97 Å². The largest absolute Gasteiger partial charge is 0.352 e. The predicted molar refractivity (Wildman–Crippen MR) is 79.9 cm³/mol. The number of rotatable bonds is 4. The van der Waals surface area contributed by atoms with Crippen molar-refractivity contribution in [1.82, 2.24) is 9.97 Å². The van der Waals surface area contributed by atoms with E-state index in [0.717, 1.165) is 16.6 Å². The van der Waals surface area contributed by atoms with Gasteiger partial charge in [0.1, 0.15) is 9.98 Å². The lowest BCUT2D eigenvalue weighted by molar-refractivity contribution is 0.754. The molecule has 2 aromatic heterocycles. The molecule has 0 bridgehead atoms. The first kappa shape index (κ1) is 13.6. The van der Waals surface area contributed by atoms with Gasteiger partial charge in [0.2, 0.25) is 5.95 Å². The van der Waals surface area contributed by atoms with Crippen molar-refractivity contribution in [3.8, 4) is 0 Å². The lowest BCUT2D eigenvalue weighted by Gasteiger charge is -2.10. The predicted octanol–water partition coefficient (Wildman–Crippen LogP) is 4.68. The lowest BCUT2D eigenvalue weighted by atomic mass is 10.2. The molecule has 0 radical (unpaired) electrons. The van der Waals surface area contributed by atoms with Crippen molar-refractivity contribution in [2.24, 2.45) is 0 Å². The summed E-state index contributed by atoms with van der Waals surface area (Å²) in [5.41, 5.74) is 0. The monoisotopic (exact) mass is 283 g/mol. The molecule has 0 aliphatic carbocycles. The Morgan fingerprint density at radius 1 is 1.33 bits per heavy atom. The first-order chi connectivity index (χ1) is 8.51. The molecule has 0 saturated carbocycles. The van der Waals surface area contributed by atoms with Crippen LogP contribution in [0.4, 0.5) is 5.95 Å². The number of halogens is 1. The second kappa shape index (κ2) is 5.41. The summed E-state index contributed by atoms with van der Waals surface area (Å²) < 4.78 is 0. The van der Waals surface area contributed by atoms with Crippen LogP contribution in [0.25, 0.3) is 10.2 Å². The molecule has 0 amide bonds. The maximum absolute atomic E-state index is 6.22. The molecular formula is C13H18ClN3S. The standard InChI is InChI=1S/C13H18ClN3S/c1-5-8(4)15-13-16-11(14)9-6-10(7(2)3)18-12(9)17-13/h6-8H,5H2,1-4H3,(H,15,16,17). The summed E-state index contributed by atoms with van der Waals surface area (Å²) >= 11 is 7.92. The van der Waals surface area contributed by atoms with Crippen LogP contribution in [0, 0.1) is 0 Å². The van der Waals surface area contributed by atoms with Crippen LogP contribution in [0.5, 0.6) is 0 Å². The van der Waals surface area contributed by atoms with E-state index in [1.165, 1.54) is 4.88 Å². The van der Waals surface area contributed by atoms with Gasteiger partial charge in [0.25, 0.3) is 0 Å². The Morgan fingerprint density at radius 2 is 2.06 bits per heavy atom. The highest BCUT2D eigenvalue weighted by Crippen LogP contribution is 2.33. The lowest BCUT2D eigenvalue weighted by Crippen LogP contribution is -2.15. The third kappa shape index (κ3) is 2.75. The van der Waals surface area contributed by atoms with Gasteiger partial charge >= 0.3 is 0 Å². The average molecular weight is 284 g/mol. The summed E-state index contributed by atoms with van der Waals surface area (Å²) in [6.07, 6.45) is 1.03. The van der Waals surface area contributed by atoms with Gasteiger partial charge in [-0.3, -0.25) is 0 Å². The maximum atomic E-state index is 6.22. The number of fused-ring (bicyclic) bond motifs is 1. The number of thiophene rings is 1. The molecule has 0 aliphatic rings. The molecule has 0 fully saturated rings. The number of hydrogen-bond donors (Lipinski definition) is 1. The van der Waals surface area contributed by atoms with Gasteiger partial charge in [-0.1, -0.05) is 32.4 Å². The summed E-state index contributed by atoms with van der Waals surface area (Å²) in [7, 11) is 0. The van der Waals surface area contributed by atoms with Crippen LogP contribution in [-0.4, -0.2) is 16.0 Å². The summed E-state index contributed by atoms with van der Waals surface area (Å²) in [5.74, 6) is 1.12. The number of aromatic nitrogens is 2. The maximum Gasteiger partial charge on any atom is 0.225 e. The third-order valence-electron chi connectivity index (χ3n) is 2.92. The van der Waals surface area contributed by atoms with Crippen molar-refractivity contribution in [1.29, 1.82) is 0 Å². The molecule has 0 aromatic carbocycles. The molecule has 3 nitrogen and oxygen atoms in total. The van der Waals surface area contributed by atoms with Crippen LogP contribution in [0.3, 0.4) is 0 Å². The van der Waals surface area contributed by atoms with E-state index < -0.39 is 0 Å².